The molecule has 0 spiro atoms. The van der Waals surface area contributed by atoms with Crippen LogP contribution < -0.4 is 4.74 Å². The van der Waals surface area contributed by atoms with Crippen LogP contribution in [0.1, 0.15) is 56.2 Å². The number of benzene rings is 1. The van der Waals surface area contributed by atoms with Crippen molar-refractivity contribution in [2.45, 2.75) is 50.5 Å². The second-order valence-electron chi connectivity index (χ2n) is 9.05. The molecule has 4 aromatic rings. The minimum Gasteiger partial charge on any atom is -0.494 e. The number of aliphatic carboxylic acids is 1. The van der Waals surface area contributed by atoms with Gasteiger partial charge in [-0.15, -0.1) is 0 Å². The number of methoxy groups -OCH3 is 1. The van der Waals surface area contributed by atoms with Crippen molar-refractivity contribution in [2.24, 2.45) is 0 Å². The Morgan fingerprint density at radius 2 is 2.15 bits per heavy atom. The van der Waals surface area contributed by atoms with E-state index in [1.54, 1.807) is 18.3 Å². The summed E-state index contributed by atoms with van der Waals surface area (Å²) in [6, 6.07) is 6.68. The van der Waals surface area contributed by atoms with Crippen molar-refractivity contribution in [3.8, 4) is 11.4 Å². The Morgan fingerprint density at radius 1 is 1.36 bits per heavy atom. The van der Waals surface area contributed by atoms with Gasteiger partial charge in [0.15, 0.2) is 22.8 Å². The Balaban J connectivity index is 1.83. The summed E-state index contributed by atoms with van der Waals surface area (Å²) in [5, 5.41) is 28.1. The van der Waals surface area contributed by atoms with Crippen molar-refractivity contribution in [3.05, 3.63) is 47.5 Å². The van der Waals surface area contributed by atoms with Crippen LogP contribution in [0, 0.1) is 5.82 Å². The van der Waals surface area contributed by atoms with Crippen LogP contribution in [-0.4, -0.2) is 48.6 Å². The Labute approximate surface area is 189 Å². The summed E-state index contributed by atoms with van der Waals surface area (Å²) in [7, 11) is 1.42. The fourth-order valence-electron chi connectivity index (χ4n) is 5.11. The summed E-state index contributed by atoms with van der Waals surface area (Å²) >= 11 is 0. The average Bonchev–Trinajstić information content (AvgIpc) is 3.48. The maximum absolute atomic E-state index is 14.2. The number of aromatic nitrogens is 4. The van der Waals surface area contributed by atoms with E-state index >= 15 is 0 Å². The van der Waals surface area contributed by atoms with Crippen LogP contribution in [0.3, 0.4) is 0 Å². The highest BCUT2D eigenvalue weighted by Gasteiger charge is 2.46. The van der Waals surface area contributed by atoms with Gasteiger partial charge in [-0.25, -0.2) is 14.2 Å². The summed E-state index contributed by atoms with van der Waals surface area (Å²) in [4.78, 5) is 16.6. The minimum absolute atomic E-state index is 0.0419. The van der Waals surface area contributed by atoms with Crippen LogP contribution in [0.15, 0.2) is 30.5 Å². The highest BCUT2D eigenvalue weighted by molar-refractivity contribution is 5.94. The average molecular weight is 452 g/mol. The van der Waals surface area contributed by atoms with Gasteiger partial charge in [0.1, 0.15) is 0 Å². The molecule has 0 amide bonds. The lowest BCUT2D eigenvalue weighted by Gasteiger charge is -2.20. The molecule has 2 atom stereocenters. The van der Waals surface area contributed by atoms with Gasteiger partial charge in [-0.05, 0) is 49.3 Å². The van der Waals surface area contributed by atoms with Crippen LogP contribution in [0.2, 0.25) is 0 Å². The first-order valence-electron chi connectivity index (χ1n) is 10.9. The first-order chi connectivity index (χ1) is 15.7. The molecule has 3 heterocycles. The van der Waals surface area contributed by atoms with E-state index in [1.807, 2.05) is 10.6 Å². The van der Waals surface area contributed by atoms with E-state index < -0.39 is 17.4 Å². The topological polar surface area (TPSA) is 113 Å². The third-order valence-electron chi connectivity index (χ3n) is 6.66. The number of hydrogen-bond acceptors (Lipinski definition) is 5. The second-order valence-corrected chi connectivity index (χ2v) is 9.05. The lowest BCUT2D eigenvalue weighted by molar-refractivity contribution is -0.157. The van der Waals surface area contributed by atoms with Crippen LogP contribution in [0.25, 0.3) is 27.8 Å². The van der Waals surface area contributed by atoms with E-state index in [2.05, 4.69) is 24.0 Å². The number of hydrogen-bond donors (Lipinski definition) is 3. The molecule has 0 radical (unpaired) electrons. The number of aromatic amines is 1. The Kier molecular flexibility index (Phi) is 4.89. The molecule has 0 saturated heterocycles. The van der Waals surface area contributed by atoms with Crippen LogP contribution in [0.4, 0.5) is 4.39 Å². The molecule has 3 N–H and O–H groups in total. The van der Waals surface area contributed by atoms with Gasteiger partial charge >= 0.3 is 5.97 Å². The minimum atomic E-state index is -1.76. The predicted octanol–water partition coefficient (Wildman–Crippen LogP) is 4.26. The first kappa shape index (κ1) is 21.4. The van der Waals surface area contributed by atoms with Crippen molar-refractivity contribution in [3.63, 3.8) is 0 Å². The Morgan fingerprint density at radius 3 is 2.82 bits per heavy atom. The summed E-state index contributed by atoms with van der Waals surface area (Å²) in [5.74, 6) is -1.68. The van der Waals surface area contributed by atoms with Gasteiger partial charge in [0, 0.05) is 28.4 Å². The summed E-state index contributed by atoms with van der Waals surface area (Å²) in [6.45, 7) is 4.11. The fourth-order valence-corrected chi connectivity index (χ4v) is 5.11. The number of pyridine rings is 1. The largest absolute Gasteiger partial charge is 0.494 e. The number of nitrogens with one attached hydrogen (secondary N) is 1. The monoisotopic (exact) mass is 452 g/mol. The number of carboxylic acid groups (broad SMARTS) is 1. The second kappa shape index (κ2) is 7.55. The molecule has 1 aliphatic rings. The van der Waals surface area contributed by atoms with Gasteiger partial charge in [-0.3, -0.25) is 5.10 Å². The van der Waals surface area contributed by atoms with Crippen molar-refractivity contribution >= 4 is 28.0 Å². The quantitative estimate of drug-likeness (QED) is 0.417. The van der Waals surface area contributed by atoms with Crippen LogP contribution >= 0.6 is 0 Å². The molecule has 1 unspecified atom stereocenters. The molecule has 0 bridgehead atoms. The van der Waals surface area contributed by atoms with E-state index in [1.165, 1.54) is 13.2 Å². The number of nitrogens with zero attached hydrogens (tertiary/aromatic N) is 3. The highest BCUT2D eigenvalue weighted by atomic mass is 19.1. The number of halogens is 1. The summed E-state index contributed by atoms with van der Waals surface area (Å²) in [5.41, 5.74) is 2.97. The number of carbonyl (C=O) groups is 1. The zero-order valence-corrected chi connectivity index (χ0v) is 18.6. The molecule has 1 aliphatic carbocycles. The highest BCUT2D eigenvalue weighted by Crippen LogP contribution is 2.47. The molecule has 3 aromatic heterocycles. The molecule has 9 heteroatoms. The molecule has 1 saturated carbocycles. The number of ether oxygens (including phenoxy) is 1. The summed E-state index contributed by atoms with van der Waals surface area (Å²) < 4.78 is 21.5. The van der Waals surface area contributed by atoms with E-state index in [4.69, 9.17) is 9.72 Å². The van der Waals surface area contributed by atoms with E-state index in [0.717, 1.165) is 27.7 Å². The molecule has 5 rings (SSSR count). The molecule has 8 nitrogen and oxygen atoms in total. The third kappa shape index (κ3) is 3.26. The van der Waals surface area contributed by atoms with Crippen molar-refractivity contribution in [1.82, 2.24) is 19.7 Å². The first-order valence-corrected chi connectivity index (χ1v) is 10.9. The smallest absolute Gasteiger partial charge is 0.335 e. The fraction of sp³-hybridized carbons (Fsp3) is 0.375. The van der Waals surface area contributed by atoms with Crippen molar-refractivity contribution in [2.75, 3.05) is 7.11 Å². The standard InChI is InChI=1S/C24H25FN4O4/c1-12(2)21-19(13-6-7-24(32,10-13)23(30)31)20-17(8-14-11-26-28-22(14)27-20)29(21)15-4-5-16(25)18(9-15)33-3/h4-5,8-9,11-13,32H,6-7,10H2,1-3H3,(H,30,31)(H,26,27,28)/t13?,24-/m0/s1. The SMILES string of the molecule is COc1cc(-n2c(C(C)C)c(C3CC[C@@](O)(C(=O)O)C3)c3nc4[nH]ncc4cc32)ccc1F. The van der Waals surface area contributed by atoms with Gasteiger partial charge < -0.3 is 19.5 Å². The van der Waals surface area contributed by atoms with Gasteiger partial charge in [0.05, 0.1) is 24.3 Å². The number of H-pyrrole nitrogens is 1. The lowest BCUT2D eigenvalue weighted by atomic mass is 9.90. The number of fused-ring (bicyclic) bond motifs is 2. The Hall–Kier alpha value is -3.46. The molecule has 1 aromatic carbocycles. The molecular weight excluding hydrogens is 427 g/mol. The molecular formula is C24H25FN4O4. The van der Waals surface area contributed by atoms with Crippen LogP contribution in [-0.2, 0) is 4.79 Å². The normalized spacial score (nSPS) is 20.8. The van der Waals surface area contributed by atoms with Gasteiger partial charge in [0.25, 0.3) is 0 Å². The van der Waals surface area contributed by atoms with E-state index in [0.29, 0.717) is 17.8 Å². The van der Waals surface area contributed by atoms with Crippen LogP contribution in [0.5, 0.6) is 5.75 Å². The lowest BCUT2D eigenvalue weighted by Crippen LogP contribution is -2.35. The summed E-state index contributed by atoms with van der Waals surface area (Å²) in [6.07, 6.45) is 2.50. The van der Waals surface area contributed by atoms with Crippen molar-refractivity contribution in [1.29, 1.82) is 0 Å². The molecule has 0 aliphatic heterocycles. The zero-order valence-electron chi connectivity index (χ0n) is 18.6. The predicted molar refractivity (Wildman–Crippen MR) is 120 cm³/mol. The van der Waals surface area contributed by atoms with Gasteiger partial charge in [-0.1, -0.05) is 13.8 Å². The number of rotatable bonds is 5. The Bertz CT molecular complexity index is 1390. The van der Waals surface area contributed by atoms with Gasteiger partial charge in [-0.2, -0.15) is 5.10 Å². The van der Waals surface area contributed by atoms with Gasteiger partial charge in [0.2, 0.25) is 0 Å². The van der Waals surface area contributed by atoms with Crippen molar-refractivity contribution < 1.29 is 24.1 Å². The van der Waals surface area contributed by atoms with E-state index in [-0.39, 0.29) is 30.4 Å². The number of carboxylic acids is 1. The molecule has 172 valence electrons. The molecule has 1 fully saturated rings. The maximum atomic E-state index is 14.2. The maximum Gasteiger partial charge on any atom is 0.335 e. The van der Waals surface area contributed by atoms with E-state index in [9.17, 15) is 19.4 Å². The zero-order chi connectivity index (χ0) is 23.5. The number of aliphatic hydroxyl groups is 1. The third-order valence-corrected chi connectivity index (χ3v) is 6.66. The molecule has 33 heavy (non-hydrogen) atoms.